The summed E-state index contributed by atoms with van der Waals surface area (Å²) >= 11 is 0. The number of benzene rings is 1. The molecule has 0 spiro atoms. The van der Waals surface area contributed by atoms with Gasteiger partial charge in [-0.25, -0.2) is 14.6 Å². The zero-order chi connectivity index (χ0) is 22.5. The lowest BCUT2D eigenvalue weighted by molar-refractivity contribution is 0.0519. The highest BCUT2D eigenvalue weighted by molar-refractivity contribution is 6.03. The molecule has 0 saturated heterocycles. The van der Waals surface area contributed by atoms with Crippen molar-refractivity contribution in [2.45, 2.75) is 19.8 Å². The first kappa shape index (κ1) is 22.0. The Hall–Kier alpha value is -3.68. The molecule has 2 N–H and O–H groups in total. The van der Waals surface area contributed by atoms with E-state index in [1.807, 2.05) is 0 Å². The van der Waals surface area contributed by atoms with Gasteiger partial charge in [-0.15, -0.1) is 0 Å². The molecule has 1 aromatic heterocycles. The van der Waals surface area contributed by atoms with Gasteiger partial charge in [0.1, 0.15) is 11.4 Å². The summed E-state index contributed by atoms with van der Waals surface area (Å²) in [5.41, 5.74) is 0.786. The van der Waals surface area contributed by atoms with Gasteiger partial charge < -0.3 is 19.9 Å². The van der Waals surface area contributed by atoms with Crippen LogP contribution < -0.4 is 10.1 Å². The maximum atomic E-state index is 12.6. The fourth-order valence-corrected chi connectivity index (χ4v) is 3.14. The highest BCUT2D eigenvalue weighted by atomic mass is 16.5. The fourth-order valence-electron chi connectivity index (χ4n) is 3.14. The lowest BCUT2D eigenvalue weighted by Crippen LogP contribution is -2.27. The Morgan fingerprint density at radius 1 is 1.26 bits per heavy atom. The molecule has 1 fully saturated rings. The van der Waals surface area contributed by atoms with E-state index in [4.69, 9.17) is 9.47 Å². The molecule has 1 heterocycles. The van der Waals surface area contributed by atoms with Crippen molar-refractivity contribution in [1.82, 2.24) is 10.3 Å². The van der Waals surface area contributed by atoms with Crippen LogP contribution >= 0.6 is 0 Å². The summed E-state index contributed by atoms with van der Waals surface area (Å²) in [4.78, 5) is 41.3. The van der Waals surface area contributed by atoms with Crippen molar-refractivity contribution in [2.24, 2.45) is 5.92 Å². The van der Waals surface area contributed by atoms with Gasteiger partial charge in [0, 0.05) is 23.2 Å². The molecule has 2 aromatic rings. The molecule has 1 amide bonds. The third kappa shape index (κ3) is 4.91. The van der Waals surface area contributed by atoms with Crippen molar-refractivity contribution in [1.29, 1.82) is 0 Å². The van der Waals surface area contributed by atoms with E-state index in [9.17, 15) is 19.5 Å². The Labute approximate surface area is 179 Å². The molecule has 0 bridgehead atoms. The van der Waals surface area contributed by atoms with Crippen LogP contribution in [0.1, 0.15) is 56.7 Å². The standard InChI is InChI=1S/C23H24N2O6/c1-4-14-10-17(22(27)28)16(11-19(14)30-3)15-8-9-18(21(26)24-12-13-6-7-13)25-20(15)23(29)31-5-2/h4,8-11,13H,1,5-7,12H2,2-3H3,(H,24,26)(H,27,28). The largest absolute Gasteiger partial charge is 0.496 e. The zero-order valence-corrected chi connectivity index (χ0v) is 17.4. The van der Waals surface area contributed by atoms with E-state index in [0.29, 0.717) is 23.8 Å². The van der Waals surface area contributed by atoms with Crippen LogP contribution in [0, 0.1) is 5.92 Å². The van der Waals surface area contributed by atoms with Crippen LogP contribution in [-0.4, -0.2) is 48.2 Å². The number of carboxylic acids is 1. The third-order valence-electron chi connectivity index (χ3n) is 4.96. The van der Waals surface area contributed by atoms with Crippen LogP contribution in [0.25, 0.3) is 17.2 Å². The fraction of sp³-hybridized carbons (Fsp3) is 0.304. The molecule has 31 heavy (non-hydrogen) atoms. The molecule has 1 aliphatic carbocycles. The molecule has 0 radical (unpaired) electrons. The number of aromatic carboxylic acids is 1. The molecule has 8 heteroatoms. The first-order valence-corrected chi connectivity index (χ1v) is 9.94. The number of hydrogen-bond acceptors (Lipinski definition) is 6. The Morgan fingerprint density at radius 3 is 2.58 bits per heavy atom. The second-order valence-electron chi connectivity index (χ2n) is 7.12. The molecular formula is C23H24N2O6. The Kier molecular flexibility index (Phi) is 6.69. The summed E-state index contributed by atoms with van der Waals surface area (Å²) < 4.78 is 10.4. The molecular weight excluding hydrogens is 400 g/mol. The SMILES string of the molecule is C=Cc1cc(C(=O)O)c(-c2ccc(C(=O)NCC3CC3)nc2C(=O)OCC)cc1OC. The Morgan fingerprint density at radius 2 is 2.00 bits per heavy atom. The minimum absolute atomic E-state index is 0.0546. The number of carbonyl (C=O) groups is 3. The molecule has 1 saturated carbocycles. The van der Waals surface area contributed by atoms with E-state index < -0.39 is 17.8 Å². The van der Waals surface area contributed by atoms with Gasteiger partial charge in [0.2, 0.25) is 0 Å². The average Bonchev–Trinajstić information content (AvgIpc) is 3.60. The summed E-state index contributed by atoms with van der Waals surface area (Å²) in [5.74, 6) is -1.47. The van der Waals surface area contributed by atoms with E-state index in [1.165, 1.54) is 37.5 Å². The number of carbonyl (C=O) groups excluding carboxylic acids is 2. The molecule has 8 nitrogen and oxygen atoms in total. The van der Waals surface area contributed by atoms with Crippen molar-refractivity contribution in [2.75, 3.05) is 20.3 Å². The zero-order valence-electron chi connectivity index (χ0n) is 17.4. The number of carboxylic acid groups (broad SMARTS) is 1. The van der Waals surface area contributed by atoms with Crippen LogP contribution in [0.2, 0.25) is 0 Å². The van der Waals surface area contributed by atoms with Gasteiger partial charge in [-0.1, -0.05) is 12.7 Å². The second kappa shape index (κ2) is 9.42. The van der Waals surface area contributed by atoms with Crippen molar-refractivity contribution >= 4 is 23.9 Å². The molecule has 162 valence electrons. The van der Waals surface area contributed by atoms with Crippen LogP contribution in [0.3, 0.4) is 0 Å². The number of ether oxygens (including phenoxy) is 2. The monoisotopic (exact) mass is 424 g/mol. The number of methoxy groups -OCH3 is 1. The summed E-state index contributed by atoms with van der Waals surface area (Å²) in [6, 6.07) is 5.88. The first-order chi connectivity index (χ1) is 14.9. The van der Waals surface area contributed by atoms with Gasteiger partial charge in [-0.3, -0.25) is 4.79 Å². The van der Waals surface area contributed by atoms with Gasteiger partial charge >= 0.3 is 11.9 Å². The molecule has 3 rings (SSSR count). The number of esters is 1. The predicted molar refractivity (Wildman–Crippen MR) is 114 cm³/mol. The van der Waals surface area contributed by atoms with Crippen LogP contribution in [-0.2, 0) is 4.74 Å². The minimum atomic E-state index is -1.19. The lowest BCUT2D eigenvalue weighted by atomic mass is 9.95. The van der Waals surface area contributed by atoms with Crippen LogP contribution in [0.4, 0.5) is 0 Å². The number of nitrogens with zero attached hydrogens (tertiary/aromatic N) is 1. The number of aromatic nitrogens is 1. The Bertz CT molecular complexity index is 1040. The highest BCUT2D eigenvalue weighted by Crippen LogP contribution is 2.34. The third-order valence-corrected chi connectivity index (χ3v) is 4.96. The van der Waals surface area contributed by atoms with Crippen LogP contribution in [0.15, 0.2) is 30.8 Å². The Balaban J connectivity index is 2.12. The summed E-state index contributed by atoms with van der Waals surface area (Å²) in [5, 5.41) is 12.5. The number of nitrogens with one attached hydrogen (secondary N) is 1. The quantitative estimate of drug-likeness (QED) is 0.593. The average molecular weight is 424 g/mol. The van der Waals surface area contributed by atoms with Crippen molar-refractivity contribution in [3.63, 3.8) is 0 Å². The van der Waals surface area contributed by atoms with Gasteiger partial charge in [-0.2, -0.15) is 0 Å². The molecule has 0 aliphatic heterocycles. The number of rotatable bonds is 9. The van der Waals surface area contributed by atoms with Gasteiger partial charge in [0.25, 0.3) is 5.91 Å². The molecule has 0 unspecified atom stereocenters. The topological polar surface area (TPSA) is 115 Å². The predicted octanol–water partition coefficient (Wildman–Crippen LogP) is 3.41. The lowest BCUT2D eigenvalue weighted by Gasteiger charge is -2.15. The van der Waals surface area contributed by atoms with Crippen molar-refractivity contribution < 1.29 is 29.0 Å². The van der Waals surface area contributed by atoms with E-state index in [-0.39, 0.29) is 34.7 Å². The normalized spacial score (nSPS) is 12.7. The molecule has 1 aliphatic rings. The summed E-state index contributed by atoms with van der Waals surface area (Å²) in [6.45, 7) is 5.98. The van der Waals surface area contributed by atoms with E-state index in [2.05, 4.69) is 16.9 Å². The van der Waals surface area contributed by atoms with Crippen molar-refractivity contribution in [3.05, 3.63) is 53.4 Å². The van der Waals surface area contributed by atoms with E-state index in [0.717, 1.165) is 12.8 Å². The number of amides is 1. The smallest absolute Gasteiger partial charge is 0.357 e. The van der Waals surface area contributed by atoms with E-state index >= 15 is 0 Å². The van der Waals surface area contributed by atoms with Gasteiger partial charge in [0.15, 0.2) is 5.69 Å². The highest BCUT2D eigenvalue weighted by Gasteiger charge is 2.25. The molecule has 0 atom stereocenters. The van der Waals surface area contributed by atoms with E-state index in [1.54, 1.807) is 6.92 Å². The second-order valence-corrected chi connectivity index (χ2v) is 7.12. The maximum Gasteiger partial charge on any atom is 0.357 e. The van der Waals surface area contributed by atoms with Gasteiger partial charge in [-0.05, 0) is 49.9 Å². The minimum Gasteiger partial charge on any atom is -0.496 e. The first-order valence-electron chi connectivity index (χ1n) is 9.94. The van der Waals surface area contributed by atoms with Crippen LogP contribution in [0.5, 0.6) is 5.75 Å². The maximum absolute atomic E-state index is 12.6. The summed E-state index contributed by atoms with van der Waals surface area (Å²) in [6.07, 6.45) is 3.65. The number of hydrogen-bond donors (Lipinski definition) is 2. The summed E-state index contributed by atoms with van der Waals surface area (Å²) in [7, 11) is 1.45. The number of pyridine rings is 1. The van der Waals surface area contributed by atoms with Crippen molar-refractivity contribution in [3.8, 4) is 16.9 Å². The van der Waals surface area contributed by atoms with Gasteiger partial charge in [0.05, 0.1) is 19.3 Å². The molecule has 1 aromatic carbocycles.